The number of thiol groups is 1. The van der Waals surface area contributed by atoms with E-state index >= 15 is 0 Å². The maximum Gasteiger partial charge on any atom is 0.417 e. The highest BCUT2D eigenvalue weighted by Gasteiger charge is 2.32. The highest BCUT2D eigenvalue weighted by molar-refractivity contribution is 7.77. The van der Waals surface area contributed by atoms with Gasteiger partial charge in [0.2, 0.25) is 5.95 Å². The standard InChI is InChI=1S/C20H20F3N7S/c1-11(12-2-4-30(31)5-3-12)28-19-27-8-13(7-24)17(29-19)16-10-26-18-15(16)6-14(9-25-18)20(21,22)23/h6,8-12,31H,2-5H2,1H3,(H,25,26)(H,27,28,29). The van der Waals surface area contributed by atoms with E-state index in [1.54, 1.807) is 0 Å². The van der Waals surface area contributed by atoms with Crippen LogP contribution in [0.15, 0.2) is 24.7 Å². The number of aromatic nitrogens is 4. The van der Waals surface area contributed by atoms with E-state index in [2.05, 4.69) is 38.1 Å². The molecule has 3 aromatic heterocycles. The lowest BCUT2D eigenvalue weighted by Crippen LogP contribution is -2.35. The van der Waals surface area contributed by atoms with Crippen LogP contribution in [0.4, 0.5) is 19.1 Å². The highest BCUT2D eigenvalue weighted by Crippen LogP contribution is 2.35. The van der Waals surface area contributed by atoms with Crippen molar-refractivity contribution in [1.82, 2.24) is 24.2 Å². The Morgan fingerprint density at radius 1 is 1.29 bits per heavy atom. The van der Waals surface area contributed by atoms with Gasteiger partial charge in [-0.3, -0.25) is 4.31 Å². The molecule has 1 unspecified atom stereocenters. The van der Waals surface area contributed by atoms with Gasteiger partial charge in [-0.1, -0.05) is 12.8 Å². The van der Waals surface area contributed by atoms with Crippen LogP contribution in [0.25, 0.3) is 22.3 Å². The minimum atomic E-state index is -4.52. The van der Waals surface area contributed by atoms with E-state index in [4.69, 9.17) is 0 Å². The van der Waals surface area contributed by atoms with Crippen LogP contribution in [-0.4, -0.2) is 43.4 Å². The summed E-state index contributed by atoms with van der Waals surface area (Å²) in [7, 11) is 0. The molecule has 0 amide bonds. The average molecular weight is 447 g/mol. The van der Waals surface area contributed by atoms with Crippen LogP contribution >= 0.6 is 12.8 Å². The molecule has 0 bridgehead atoms. The third-order valence-corrected chi connectivity index (χ3v) is 6.00. The molecule has 7 nitrogen and oxygen atoms in total. The van der Waals surface area contributed by atoms with Crippen molar-refractivity contribution in [1.29, 1.82) is 5.26 Å². The molecule has 0 saturated carbocycles. The van der Waals surface area contributed by atoms with Gasteiger partial charge in [0.1, 0.15) is 11.7 Å². The molecule has 1 atom stereocenters. The average Bonchev–Trinajstić information content (AvgIpc) is 3.16. The Kier molecular flexibility index (Phi) is 5.77. The maximum atomic E-state index is 13.2. The highest BCUT2D eigenvalue weighted by atomic mass is 32.1. The first kappa shape index (κ1) is 21.4. The smallest absolute Gasteiger partial charge is 0.351 e. The van der Waals surface area contributed by atoms with Gasteiger partial charge in [0.25, 0.3) is 0 Å². The van der Waals surface area contributed by atoms with Crippen LogP contribution in [0.1, 0.15) is 30.9 Å². The molecule has 2 N–H and O–H groups in total. The van der Waals surface area contributed by atoms with Gasteiger partial charge < -0.3 is 10.3 Å². The molecule has 4 rings (SSSR count). The zero-order valence-electron chi connectivity index (χ0n) is 16.6. The van der Waals surface area contributed by atoms with Crippen LogP contribution in [0.3, 0.4) is 0 Å². The lowest BCUT2D eigenvalue weighted by Gasteiger charge is -2.32. The molecular formula is C20H20F3N7S. The molecule has 1 aliphatic heterocycles. The minimum absolute atomic E-state index is 0.0873. The predicted molar refractivity (Wildman–Crippen MR) is 113 cm³/mol. The summed E-state index contributed by atoms with van der Waals surface area (Å²) in [4.78, 5) is 15.4. The first-order chi connectivity index (χ1) is 14.8. The zero-order valence-corrected chi connectivity index (χ0v) is 17.5. The molecule has 0 spiro atoms. The second-order valence-corrected chi connectivity index (χ2v) is 8.18. The number of alkyl halides is 3. The second-order valence-electron chi connectivity index (χ2n) is 7.61. The van der Waals surface area contributed by atoms with E-state index in [1.165, 1.54) is 12.4 Å². The number of piperidine rings is 1. The largest absolute Gasteiger partial charge is 0.417 e. The van der Waals surface area contributed by atoms with E-state index < -0.39 is 11.7 Å². The van der Waals surface area contributed by atoms with Gasteiger partial charge in [-0.15, -0.1) is 0 Å². The number of aromatic amines is 1. The van der Waals surface area contributed by atoms with Gasteiger partial charge in [0.05, 0.1) is 23.0 Å². The van der Waals surface area contributed by atoms with Gasteiger partial charge in [0.15, 0.2) is 0 Å². The van der Waals surface area contributed by atoms with E-state index in [0.29, 0.717) is 17.4 Å². The van der Waals surface area contributed by atoms with Crippen molar-refractivity contribution in [2.45, 2.75) is 32.0 Å². The normalized spacial score (nSPS) is 16.9. The van der Waals surface area contributed by atoms with Gasteiger partial charge in [-0.2, -0.15) is 18.4 Å². The number of nitriles is 1. The Hall–Kier alpha value is -2.84. The topological polar surface area (TPSA) is 93.5 Å². The van der Waals surface area contributed by atoms with Crippen LogP contribution in [0.5, 0.6) is 0 Å². The summed E-state index contributed by atoms with van der Waals surface area (Å²) in [6.45, 7) is 3.83. The lowest BCUT2D eigenvalue weighted by atomic mass is 9.91. The molecule has 0 aliphatic carbocycles. The third-order valence-electron chi connectivity index (χ3n) is 5.60. The fourth-order valence-corrected chi connectivity index (χ4v) is 4.03. The van der Waals surface area contributed by atoms with Crippen molar-refractivity contribution in [2.75, 3.05) is 18.4 Å². The van der Waals surface area contributed by atoms with E-state index in [0.717, 1.165) is 38.2 Å². The van der Waals surface area contributed by atoms with Crippen LogP contribution in [0.2, 0.25) is 0 Å². The number of hydrogen-bond donors (Lipinski definition) is 3. The van der Waals surface area contributed by atoms with Crippen LogP contribution < -0.4 is 5.32 Å². The van der Waals surface area contributed by atoms with Crippen molar-refractivity contribution < 1.29 is 13.2 Å². The monoisotopic (exact) mass is 447 g/mol. The van der Waals surface area contributed by atoms with Crippen molar-refractivity contribution in [2.24, 2.45) is 5.92 Å². The van der Waals surface area contributed by atoms with Gasteiger partial charge >= 0.3 is 6.18 Å². The van der Waals surface area contributed by atoms with Gasteiger partial charge in [-0.25, -0.2) is 15.0 Å². The number of pyridine rings is 1. The number of anilines is 1. The number of halogens is 3. The molecule has 1 saturated heterocycles. The van der Waals surface area contributed by atoms with Crippen LogP contribution in [0, 0.1) is 17.2 Å². The van der Waals surface area contributed by atoms with Crippen molar-refractivity contribution in [3.05, 3.63) is 35.8 Å². The fourth-order valence-electron chi connectivity index (χ4n) is 3.80. The van der Waals surface area contributed by atoms with Crippen molar-refractivity contribution >= 4 is 29.8 Å². The quantitative estimate of drug-likeness (QED) is 0.518. The molecule has 1 aliphatic rings. The number of hydrogen-bond acceptors (Lipinski definition) is 7. The number of fused-ring (bicyclic) bond motifs is 1. The first-order valence-corrected chi connectivity index (χ1v) is 10.2. The summed E-state index contributed by atoms with van der Waals surface area (Å²) >= 11 is 4.37. The van der Waals surface area contributed by atoms with Gasteiger partial charge in [0, 0.05) is 42.5 Å². The second kappa shape index (κ2) is 8.36. The summed E-state index contributed by atoms with van der Waals surface area (Å²) in [5.74, 6) is 0.738. The van der Waals surface area contributed by atoms with Crippen molar-refractivity contribution in [3.8, 4) is 17.3 Å². The maximum absolute atomic E-state index is 13.2. The molecule has 1 fully saturated rings. The number of rotatable bonds is 4. The van der Waals surface area contributed by atoms with E-state index in [9.17, 15) is 18.4 Å². The Labute approximate surface area is 182 Å². The van der Waals surface area contributed by atoms with E-state index in [-0.39, 0.29) is 28.3 Å². The molecular weight excluding hydrogens is 427 g/mol. The minimum Gasteiger partial charge on any atom is -0.351 e. The summed E-state index contributed by atoms with van der Waals surface area (Å²) in [6, 6.07) is 3.12. The Morgan fingerprint density at radius 3 is 2.71 bits per heavy atom. The molecule has 3 aromatic rings. The molecule has 0 aromatic carbocycles. The molecule has 31 heavy (non-hydrogen) atoms. The fraction of sp³-hybridized carbons (Fsp3) is 0.400. The van der Waals surface area contributed by atoms with Crippen molar-refractivity contribution in [3.63, 3.8) is 0 Å². The summed E-state index contributed by atoms with van der Waals surface area (Å²) in [6.07, 6.45) is 1.11. The van der Waals surface area contributed by atoms with E-state index in [1.807, 2.05) is 17.3 Å². The van der Waals surface area contributed by atoms with Gasteiger partial charge in [-0.05, 0) is 31.7 Å². The number of H-pyrrole nitrogens is 1. The first-order valence-electron chi connectivity index (χ1n) is 9.78. The molecule has 4 heterocycles. The number of nitrogens with zero attached hydrogens (tertiary/aromatic N) is 5. The predicted octanol–water partition coefficient (Wildman–Crippen LogP) is 4.27. The summed E-state index contributed by atoms with van der Waals surface area (Å²) in [5, 5.41) is 13.0. The summed E-state index contributed by atoms with van der Waals surface area (Å²) in [5.41, 5.74) is 0.207. The zero-order chi connectivity index (χ0) is 22.2. The summed E-state index contributed by atoms with van der Waals surface area (Å²) < 4.78 is 41.5. The Balaban J connectivity index is 1.68. The Bertz CT molecular complexity index is 1130. The lowest BCUT2D eigenvalue weighted by molar-refractivity contribution is -0.137. The van der Waals surface area contributed by atoms with Crippen LogP contribution in [-0.2, 0) is 6.18 Å². The number of nitrogens with one attached hydrogen (secondary N) is 2. The molecule has 11 heteroatoms. The SMILES string of the molecule is CC(Nc1ncc(C#N)c(-c2c[nH]c3ncc(C(F)(F)F)cc23)n1)C1CCN(S)CC1. The molecule has 162 valence electrons. The third kappa shape index (κ3) is 4.45. The Morgan fingerprint density at radius 2 is 2.03 bits per heavy atom. The molecule has 0 radical (unpaired) electrons.